The van der Waals surface area contributed by atoms with E-state index >= 15 is 0 Å². The molecule has 0 bridgehead atoms. The molecule has 2 atom stereocenters. The molecule has 2 heterocycles. The Morgan fingerprint density at radius 1 is 0.735 bits per heavy atom. The molecule has 10 nitrogen and oxygen atoms in total. The van der Waals surface area contributed by atoms with Crippen LogP contribution in [0.5, 0.6) is 0 Å². The monoisotopic (exact) mass is 466 g/mol. The molecule has 0 spiro atoms. The number of amides is 4. The number of ether oxygens (including phenoxy) is 2. The minimum Gasteiger partial charge on any atom is -0.442 e. The van der Waals surface area contributed by atoms with Crippen LogP contribution in [0.2, 0.25) is 0 Å². The highest BCUT2D eigenvalue weighted by Gasteiger charge is 2.33. The Bertz CT molecular complexity index is 998. The van der Waals surface area contributed by atoms with Crippen LogP contribution in [0.15, 0.2) is 48.5 Å². The number of benzene rings is 2. The predicted molar refractivity (Wildman–Crippen MR) is 124 cm³/mol. The SMILES string of the molecule is CC(=O)NC[C@H]1CN(c2ccc(-c3ccc(N4C[C@H](CNC(C)=O)OC4=O)cc3)cc2)C(=O)O1. The van der Waals surface area contributed by atoms with Gasteiger partial charge in [-0.25, -0.2) is 9.59 Å². The molecule has 2 saturated heterocycles. The second-order valence-corrected chi connectivity index (χ2v) is 8.20. The van der Waals surface area contributed by atoms with E-state index in [4.69, 9.17) is 9.47 Å². The van der Waals surface area contributed by atoms with Crippen molar-refractivity contribution in [2.75, 3.05) is 36.0 Å². The maximum atomic E-state index is 12.2. The number of carbonyl (C=O) groups excluding carboxylic acids is 4. The van der Waals surface area contributed by atoms with Gasteiger partial charge in [0.25, 0.3) is 0 Å². The first-order chi connectivity index (χ1) is 16.3. The third-order valence-electron chi connectivity index (χ3n) is 5.60. The van der Waals surface area contributed by atoms with Crippen LogP contribution in [-0.2, 0) is 19.1 Å². The lowest BCUT2D eigenvalue weighted by atomic mass is 10.0. The number of rotatable bonds is 7. The van der Waals surface area contributed by atoms with Gasteiger partial charge in [0, 0.05) is 25.2 Å². The van der Waals surface area contributed by atoms with Crippen LogP contribution in [0.3, 0.4) is 0 Å². The lowest BCUT2D eigenvalue weighted by molar-refractivity contribution is -0.120. The van der Waals surface area contributed by atoms with Crippen molar-refractivity contribution in [2.24, 2.45) is 0 Å². The average molecular weight is 466 g/mol. The summed E-state index contributed by atoms with van der Waals surface area (Å²) >= 11 is 0. The topological polar surface area (TPSA) is 117 Å². The van der Waals surface area contributed by atoms with Crippen molar-refractivity contribution in [1.29, 1.82) is 0 Å². The number of hydrogen-bond acceptors (Lipinski definition) is 6. The average Bonchev–Trinajstić information content (AvgIpc) is 3.38. The molecule has 2 fully saturated rings. The van der Waals surface area contributed by atoms with Crippen molar-refractivity contribution in [3.8, 4) is 11.1 Å². The fourth-order valence-electron chi connectivity index (χ4n) is 3.86. The minimum atomic E-state index is -0.443. The van der Waals surface area contributed by atoms with Crippen LogP contribution in [0.25, 0.3) is 11.1 Å². The van der Waals surface area contributed by atoms with Gasteiger partial charge in [0.15, 0.2) is 0 Å². The first-order valence-corrected chi connectivity index (χ1v) is 11.0. The smallest absolute Gasteiger partial charge is 0.414 e. The molecule has 0 radical (unpaired) electrons. The second-order valence-electron chi connectivity index (χ2n) is 8.20. The highest BCUT2D eigenvalue weighted by molar-refractivity contribution is 5.91. The molecule has 2 aliphatic heterocycles. The third kappa shape index (κ3) is 5.28. The molecule has 2 N–H and O–H groups in total. The van der Waals surface area contributed by atoms with Crippen LogP contribution < -0.4 is 20.4 Å². The van der Waals surface area contributed by atoms with Crippen molar-refractivity contribution in [3.63, 3.8) is 0 Å². The van der Waals surface area contributed by atoms with Crippen LogP contribution in [0.4, 0.5) is 21.0 Å². The first-order valence-electron chi connectivity index (χ1n) is 11.0. The maximum absolute atomic E-state index is 12.2. The van der Waals surface area contributed by atoms with Crippen molar-refractivity contribution in [2.45, 2.75) is 26.1 Å². The highest BCUT2D eigenvalue weighted by atomic mass is 16.6. The summed E-state index contributed by atoms with van der Waals surface area (Å²) < 4.78 is 10.6. The van der Waals surface area contributed by atoms with E-state index in [-0.39, 0.29) is 24.9 Å². The van der Waals surface area contributed by atoms with Crippen molar-refractivity contribution >= 4 is 35.4 Å². The summed E-state index contributed by atoms with van der Waals surface area (Å²) in [6.07, 6.45) is -1.67. The summed E-state index contributed by atoms with van der Waals surface area (Å²) in [7, 11) is 0. The van der Waals surface area contributed by atoms with Gasteiger partial charge in [-0.1, -0.05) is 24.3 Å². The Hall–Kier alpha value is -4.08. The number of nitrogens with one attached hydrogen (secondary N) is 2. The molecule has 0 unspecified atom stereocenters. The zero-order valence-corrected chi connectivity index (χ0v) is 18.9. The first kappa shape index (κ1) is 23.1. The lowest BCUT2D eigenvalue weighted by Crippen LogP contribution is -2.33. The molecule has 10 heteroatoms. The van der Waals surface area contributed by atoms with Gasteiger partial charge in [0.2, 0.25) is 11.8 Å². The summed E-state index contributed by atoms with van der Waals surface area (Å²) in [6, 6.07) is 15.0. The van der Waals surface area contributed by atoms with Gasteiger partial charge in [0.05, 0.1) is 26.2 Å². The predicted octanol–water partition coefficient (Wildman–Crippen LogP) is 2.28. The number of hydrogen-bond donors (Lipinski definition) is 2. The number of cyclic esters (lactones) is 2. The van der Waals surface area contributed by atoms with Crippen molar-refractivity contribution in [1.82, 2.24) is 10.6 Å². The molecule has 2 aromatic rings. The van der Waals surface area contributed by atoms with Gasteiger partial charge < -0.3 is 20.1 Å². The Kier molecular flexibility index (Phi) is 6.67. The highest BCUT2D eigenvalue weighted by Crippen LogP contribution is 2.29. The van der Waals surface area contributed by atoms with Gasteiger partial charge in [-0.15, -0.1) is 0 Å². The lowest BCUT2D eigenvalue weighted by Gasteiger charge is -2.15. The van der Waals surface area contributed by atoms with E-state index in [9.17, 15) is 19.2 Å². The standard InChI is InChI=1S/C24H26N4O6/c1-15(29)25-11-21-13-27(23(31)33-21)19-7-3-17(4-8-19)18-5-9-20(10-6-18)28-14-22(34-24(28)32)12-26-16(2)30/h3-10,21-22H,11-14H2,1-2H3,(H,25,29)(H,26,30)/t21-,22-/m0/s1. The van der Waals surface area contributed by atoms with Gasteiger partial charge >= 0.3 is 12.2 Å². The summed E-state index contributed by atoms with van der Waals surface area (Å²) in [5, 5.41) is 5.32. The number of anilines is 2. The quantitative estimate of drug-likeness (QED) is 0.647. The van der Waals surface area contributed by atoms with Gasteiger partial charge in [0.1, 0.15) is 12.2 Å². The van der Waals surface area contributed by atoms with E-state index in [0.29, 0.717) is 24.5 Å². The summed E-state index contributed by atoms with van der Waals surface area (Å²) in [5.41, 5.74) is 3.32. The minimum absolute atomic E-state index is 0.170. The van der Waals surface area contributed by atoms with Gasteiger partial charge in [-0.05, 0) is 35.4 Å². The Labute approximate surface area is 196 Å². The number of carbonyl (C=O) groups is 4. The Morgan fingerprint density at radius 3 is 1.41 bits per heavy atom. The zero-order valence-electron chi connectivity index (χ0n) is 18.9. The van der Waals surface area contributed by atoms with Crippen LogP contribution in [0, 0.1) is 0 Å². The Balaban J connectivity index is 1.38. The fourth-order valence-corrected chi connectivity index (χ4v) is 3.86. The molecule has 4 amide bonds. The van der Waals surface area contributed by atoms with Crippen molar-refractivity contribution < 1.29 is 28.7 Å². The van der Waals surface area contributed by atoms with E-state index in [1.54, 1.807) is 0 Å². The fraction of sp³-hybridized carbons (Fsp3) is 0.333. The van der Waals surface area contributed by atoms with E-state index in [2.05, 4.69) is 10.6 Å². The molecule has 2 aliphatic rings. The third-order valence-corrected chi connectivity index (χ3v) is 5.60. The zero-order chi connectivity index (χ0) is 24.2. The van der Waals surface area contributed by atoms with Crippen LogP contribution >= 0.6 is 0 Å². The molecule has 0 aromatic heterocycles. The van der Waals surface area contributed by atoms with Gasteiger partial charge in [-0.3, -0.25) is 19.4 Å². The Morgan fingerprint density at radius 2 is 1.09 bits per heavy atom. The van der Waals surface area contributed by atoms with Crippen LogP contribution in [0.1, 0.15) is 13.8 Å². The molecule has 178 valence electrons. The number of nitrogens with zero attached hydrogens (tertiary/aromatic N) is 2. The normalized spacial score (nSPS) is 19.6. The second kappa shape index (κ2) is 9.82. The maximum Gasteiger partial charge on any atom is 0.414 e. The summed E-state index contributed by atoms with van der Waals surface area (Å²) in [4.78, 5) is 49.6. The van der Waals surface area contributed by atoms with E-state index in [1.165, 1.54) is 23.6 Å². The molecular weight excluding hydrogens is 440 g/mol. The molecule has 4 rings (SSSR count). The van der Waals surface area contributed by atoms with Gasteiger partial charge in [-0.2, -0.15) is 0 Å². The van der Waals surface area contributed by atoms with E-state index in [0.717, 1.165) is 11.1 Å². The molecule has 34 heavy (non-hydrogen) atoms. The molecule has 2 aromatic carbocycles. The summed E-state index contributed by atoms with van der Waals surface area (Å²) in [5.74, 6) is -0.340. The molecule has 0 saturated carbocycles. The van der Waals surface area contributed by atoms with Crippen molar-refractivity contribution in [3.05, 3.63) is 48.5 Å². The summed E-state index contributed by atoms with van der Waals surface area (Å²) in [6.45, 7) is 4.12. The van der Waals surface area contributed by atoms with E-state index in [1.807, 2.05) is 48.5 Å². The largest absolute Gasteiger partial charge is 0.442 e. The van der Waals surface area contributed by atoms with E-state index < -0.39 is 24.4 Å². The molecule has 0 aliphatic carbocycles. The van der Waals surface area contributed by atoms with Crippen LogP contribution in [-0.4, -0.2) is 62.4 Å². The molecular formula is C24H26N4O6.